The number of carbonyl (C=O) groups excluding carboxylic acids is 2. The Labute approximate surface area is 168 Å². The molecule has 2 N–H and O–H groups in total. The Bertz CT molecular complexity index is 786. The number of nitrogens with zero attached hydrogens (tertiary/aromatic N) is 1. The highest BCUT2D eigenvalue weighted by Gasteiger charge is 2.24. The highest BCUT2D eigenvalue weighted by molar-refractivity contribution is 6.39. The number of hydrogen-bond donors (Lipinski definition) is 2. The van der Waals surface area contributed by atoms with E-state index in [1.54, 1.807) is 18.2 Å². The molecule has 0 saturated carbocycles. The van der Waals surface area contributed by atoms with Gasteiger partial charge in [-0.25, -0.2) is 0 Å². The van der Waals surface area contributed by atoms with Gasteiger partial charge in [0.2, 0.25) is 5.91 Å². The topological polar surface area (TPSA) is 61.4 Å². The van der Waals surface area contributed by atoms with Crippen LogP contribution in [0.15, 0.2) is 48.5 Å². The summed E-state index contributed by atoms with van der Waals surface area (Å²) in [7, 11) is 0. The number of anilines is 1. The number of likely N-dealkylation sites (tertiary alicyclic amines) is 1. The zero-order chi connectivity index (χ0) is 19.2. The highest BCUT2D eigenvalue weighted by Crippen LogP contribution is 2.24. The zero-order valence-electron chi connectivity index (χ0n) is 14.8. The number of rotatable bonds is 5. The molecular weight excluding hydrogens is 385 g/mol. The molecule has 1 saturated heterocycles. The molecule has 2 amide bonds. The Morgan fingerprint density at radius 2 is 1.59 bits per heavy atom. The fraction of sp³-hybridized carbons (Fsp3) is 0.300. The molecule has 1 fully saturated rings. The van der Waals surface area contributed by atoms with Crippen LogP contribution in [0.4, 0.5) is 5.69 Å². The Morgan fingerprint density at radius 3 is 2.22 bits per heavy atom. The second-order valence-corrected chi connectivity index (χ2v) is 7.35. The minimum Gasteiger partial charge on any atom is -0.349 e. The van der Waals surface area contributed by atoms with Gasteiger partial charge in [-0.15, -0.1) is 0 Å². The van der Waals surface area contributed by atoms with Gasteiger partial charge in [0.25, 0.3) is 5.91 Å². The fourth-order valence-corrected chi connectivity index (χ4v) is 3.70. The molecule has 5 nitrogen and oxygen atoms in total. The second-order valence-electron chi connectivity index (χ2n) is 6.53. The van der Waals surface area contributed by atoms with Crippen molar-refractivity contribution in [1.29, 1.82) is 0 Å². The quantitative estimate of drug-likeness (QED) is 0.794. The molecule has 0 spiro atoms. The van der Waals surface area contributed by atoms with Gasteiger partial charge in [0.1, 0.15) is 0 Å². The Morgan fingerprint density at radius 1 is 0.963 bits per heavy atom. The van der Waals surface area contributed by atoms with Gasteiger partial charge in [0.05, 0.1) is 22.2 Å². The number of halogens is 2. The third-order valence-corrected chi connectivity index (χ3v) is 5.17. The van der Waals surface area contributed by atoms with E-state index in [0.717, 1.165) is 31.6 Å². The molecule has 1 aliphatic rings. The van der Waals surface area contributed by atoms with Gasteiger partial charge in [-0.2, -0.15) is 0 Å². The molecule has 0 radical (unpaired) electrons. The van der Waals surface area contributed by atoms with Crippen LogP contribution in [-0.4, -0.2) is 42.4 Å². The molecule has 1 heterocycles. The van der Waals surface area contributed by atoms with E-state index in [9.17, 15) is 9.59 Å². The average molecular weight is 406 g/mol. The minimum absolute atomic E-state index is 0.0356. The minimum atomic E-state index is -0.258. The van der Waals surface area contributed by atoms with Crippen LogP contribution in [0.25, 0.3) is 0 Å². The van der Waals surface area contributed by atoms with Gasteiger partial charge in [0.15, 0.2) is 0 Å². The van der Waals surface area contributed by atoms with E-state index in [1.165, 1.54) is 0 Å². The summed E-state index contributed by atoms with van der Waals surface area (Å²) in [6.45, 7) is 1.82. The lowest BCUT2D eigenvalue weighted by Gasteiger charge is -2.32. The van der Waals surface area contributed by atoms with Gasteiger partial charge in [-0.05, 0) is 37.1 Å². The maximum atomic E-state index is 12.5. The molecule has 1 aliphatic heterocycles. The molecule has 0 bridgehead atoms. The van der Waals surface area contributed by atoms with Gasteiger partial charge in [-0.1, -0.05) is 47.5 Å². The number of para-hydroxylation sites is 1. The highest BCUT2D eigenvalue weighted by atomic mass is 35.5. The summed E-state index contributed by atoms with van der Waals surface area (Å²) in [5, 5.41) is 6.57. The van der Waals surface area contributed by atoms with E-state index in [4.69, 9.17) is 23.2 Å². The van der Waals surface area contributed by atoms with E-state index < -0.39 is 0 Å². The van der Waals surface area contributed by atoms with E-state index in [-0.39, 0.29) is 17.9 Å². The maximum Gasteiger partial charge on any atom is 0.254 e. The Balaban J connectivity index is 1.46. The summed E-state index contributed by atoms with van der Waals surface area (Å²) in [4.78, 5) is 26.7. The van der Waals surface area contributed by atoms with Crippen LogP contribution in [0.3, 0.4) is 0 Å². The first kappa shape index (κ1) is 19.7. The van der Waals surface area contributed by atoms with E-state index >= 15 is 0 Å². The fourth-order valence-electron chi connectivity index (χ4n) is 3.13. The predicted octanol–water partition coefficient (Wildman–Crippen LogP) is 3.83. The van der Waals surface area contributed by atoms with Crippen molar-refractivity contribution in [3.8, 4) is 0 Å². The first-order valence-electron chi connectivity index (χ1n) is 8.85. The molecule has 0 atom stereocenters. The van der Waals surface area contributed by atoms with E-state index in [1.807, 2.05) is 30.3 Å². The monoisotopic (exact) mass is 405 g/mol. The molecule has 2 aromatic carbocycles. The first-order valence-corrected chi connectivity index (χ1v) is 9.60. The van der Waals surface area contributed by atoms with Gasteiger partial charge in [-0.3, -0.25) is 14.5 Å². The first-order chi connectivity index (χ1) is 13.0. The van der Waals surface area contributed by atoms with Crippen LogP contribution in [0.1, 0.15) is 23.2 Å². The van der Waals surface area contributed by atoms with Crippen LogP contribution >= 0.6 is 23.2 Å². The number of hydrogen-bond acceptors (Lipinski definition) is 3. The van der Waals surface area contributed by atoms with Gasteiger partial charge >= 0.3 is 0 Å². The lowest BCUT2D eigenvalue weighted by molar-refractivity contribution is -0.117. The average Bonchev–Trinajstić information content (AvgIpc) is 2.64. The predicted molar refractivity (Wildman–Crippen MR) is 108 cm³/mol. The van der Waals surface area contributed by atoms with Crippen LogP contribution in [0.5, 0.6) is 0 Å². The Hall–Kier alpha value is -2.08. The summed E-state index contributed by atoms with van der Waals surface area (Å²) >= 11 is 12.2. The molecule has 2 aromatic rings. The number of benzene rings is 2. The SMILES string of the molecule is O=C(CN1CCC(NC(=O)c2c(Cl)cccc2Cl)CC1)Nc1ccccc1. The largest absolute Gasteiger partial charge is 0.349 e. The van der Waals surface area contributed by atoms with Crippen molar-refractivity contribution < 1.29 is 9.59 Å². The third kappa shape index (κ3) is 5.45. The van der Waals surface area contributed by atoms with Crippen LogP contribution in [0, 0.1) is 0 Å². The number of amides is 2. The van der Waals surface area contributed by atoms with Crippen molar-refractivity contribution >= 4 is 40.7 Å². The summed E-state index contributed by atoms with van der Waals surface area (Å²) in [6, 6.07) is 14.4. The van der Waals surface area contributed by atoms with Crippen molar-refractivity contribution in [3.63, 3.8) is 0 Å². The molecule has 142 valence electrons. The van der Waals surface area contributed by atoms with E-state index in [2.05, 4.69) is 15.5 Å². The number of piperidine rings is 1. The van der Waals surface area contributed by atoms with Crippen molar-refractivity contribution in [2.45, 2.75) is 18.9 Å². The van der Waals surface area contributed by atoms with Crippen molar-refractivity contribution in [1.82, 2.24) is 10.2 Å². The molecule has 3 rings (SSSR count). The number of carbonyl (C=O) groups is 2. The molecule has 0 unspecified atom stereocenters. The van der Waals surface area contributed by atoms with Crippen molar-refractivity contribution in [2.75, 3.05) is 25.0 Å². The van der Waals surface area contributed by atoms with E-state index in [0.29, 0.717) is 22.2 Å². The zero-order valence-corrected chi connectivity index (χ0v) is 16.3. The number of nitrogens with one attached hydrogen (secondary N) is 2. The van der Waals surface area contributed by atoms with Crippen LogP contribution in [0.2, 0.25) is 10.0 Å². The standard InChI is InChI=1S/C20H21Cl2N3O2/c21-16-7-4-8-17(22)19(16)20(27)24-15-9-11-25(12-10-15)13-18(26)23-14-5-2-1-3-6-14/h1-8,15H,9-13H2,(H,23,26)(H,24,27). The van der Waals surface area contributed by atoms with Crippen LogP contribution in [-0.2, 0) is 4.79 Å². The maximum absolute atomic E-state index is 12.5. The summed E-state index contributed by atoms with van der Waals surface area (Å²) in [5.41, 5.74) is 1.10. The molecular formula is C20H21Cl2N3O2. The molecule has 0 aromatic heterocycles. The molecule has 7 heteroatoms. The van der Waals surface area contributed by atoms with Crippen LogP contribution < -0.4 is 10.6 Å². The normalized spacial score (nSPS) is 15.3. The van der Waals surface area contributed by atoms with Crippen molar-refractivity contribution in [2.24, 2.45) is 0 Å². The van der Waals surface area contributed by atoms with Crippen molar-refractivity contribution in [3.05, 3.63) is 64.1 Å². The second kappa shape index (κ2) is 9.22. The summed E-state index contributed by atoms with van der Waals surface area (Å²) < 4.78 is 0. The van der Waals surface area contributed by atoms with Gasteiger partial charge < -0.3 is 10.6 Å². The van der Waals surface area contributed by atoms with Gasteiger partial charge in [0, 0.05) is 24.8 Å². The summed E-state index contributed by atoms with van der Waals surface area (Å²) in [5.74, 6) is -0.294. The lowest BCUT2D eigenvalue weighted by atomic mass is 10.0. The summed E-state index contributed by atoms with van der Waals surface area (Å²) in [6.07, 6.45) is 1.54. The lowest BCUT2D eigenvalue weighted by Crippen LogP contribution is -2.46. The molecule has 27 heavy (non-hydrogen) atoms. The molecule has 0 aliphatic carbocycles. The smallest absolute Gasteiger partial charge is 0.254 e. The Kier molecular flexibility index (Phi) is 6.72. The third-order valence-electron chi connectivity index (χ3n) is 4.54.